The summed E-state index contributed by atoms with van der Waals surface area (Å²) in [6.07, 6.45) is 3.32. The fourth-order valence-electron chi connectivity index (χ4n) is 2.30. The second-order valence-electron chi connectivity index (χ2n) is 6.10. The first-order valence-electron chi connectivity index (χ1n) is 6.63. The smallest absolute Gasteiger partial charge is 0.399 e. The van der Waals surface area contributed by atoms with Crippen LogP contribution in [-0.4, -0.2) is 28.3 Å². The van der Waals surface area contributed by atoms with Crippen LogP contribution in [0.4, 0.5) is 0 Å². The molecule has 1 aliphatic heterocycles. The molecule has 3 rings (SSSR count). The van der Waals surface area contributed by atoms with E-state index >= 15 is 0 Å². The summed E-state index contributed by atoms with van der Waals surface area (Å²) in [7, 11) is -0.549. The topological polar surface area (TPSA) is 64.2 Å². The van der Waals surface area contributed by atoms with Crippen molar-refractivity contribution in [2.45, 2.75) is 38.9 Å². The highest BCUT2D eigenvalue weighted by molar-refractivity contribution is 6.65. The van der Waals surface area contributed by atoms with E-state index < -0.39 is 18.3 Å². The van der Waals surface area contributed by atoms with E-state index in [-0.39, 0.29) is 5.56 Å². The predicted octanol–water partition coefficient (Wildman–Crippen LogP) is 1.22. The maximum absolute atomic E-state index is 11.8. The summed E-state index contributed by atoms with van der Waals surface area (Å²) in [6, 6.07) is 3.39. The van der Waals surface area contributed by atoms with Crippen LogP contribution in [0.15, 0.2) is 29.3 Å². The summed E-state index contributed by atoms with van der Waals surface area (Å²) in [6.45, 7) is 7.96. The van der Waals surface area contributed by atoms with Crippen molar-refractivity contribution >= 4 is 23.5 Å². The van der Waals surface area contributed by atoms with Gasteiger partial charge in [0.15, 0.2) is 0 Å². The Labute approximate surface area is 117 Å². The summed E-state index contributed by atoms with van der Waals surface area (Å²) >= 11 is 0. The number of aromatic amines is 1. The second kappa shape index (κ2) is 4.17. The van der Waals surface area contributed by atoms with Gasteiger partial charge >= 0.3 is 7.12 Å². The van der Waals surface area contributed by atoms with Gasteiger partial charge in [0, 0.05) is 17.6 Å². The van der Waals surface area contributed by atoms with Gasteiger partial charge < -0.3 is 14.3 Å². The average molecular weight is 272 g/mol. The number of H-pyrrole nitrogens is 1. The number of hydrogen-bond donors (Lipinski definition) is 1. The van der Waals surface area contributed by atoms with Crippen LogP contribution in [0, 0.1) is 0 Å². The molecule has 0 radical (unpaired) electrons. The van der Waals surface area contributed by atoms with Gasteiger partial charge in [-0.25, -0.2) is 0 Å². The van der Waals surface area contributed by atoms with E-state index in [9.17, 15) is 4.79 Å². The van der Waals surface area contributed by atoms with Gasteiger partial charge in [-0.05, 0) is 39.2 Å². The largest absolute Gasteiger partial charge is 0.495 e. The van der Waals surface area contributed by atoms with Crippen molar-refractivity contribution in [2.75, 3.05) is 0 Å². The van der Waals surface area contributed by atoms with Gasteiger partial charge in [0.1, 0.15) is 0 Å². The van der Waals surface area contributed by atoms with Gasteiger partial charge in [-0.2, -0.15) is 0 Å². The van der Waals surface area contributed by atoms with Gasteiger partial charge in [0.2, 0.25) is 5.56 Å². The Morgan fingerprint density at radius 1 is 1.20 bits per heavy atom. The molecule has 2 aromatic rings. The van der Waals surface area contributed by atoms with Crippen molar-refractivity contribution < 1.29 is 9.31 Å². The Kier molecular flexibility index (Phi) is 2.78. The van der Waals surface area contributed by atoms with E-state index in [2.05, 4.69) is 9.97 Å². The standard InChI is InChI=1S/C14H17BN2O3/c1-13(2)14(3,4)20-15(19-13)10-7-12(18)17-11-8-16-6-5-9(10)11/h5-8H,1-4H3,(H,17,18). The molecule has 0 amide bonds. The summed E-state index contributed by atoms with van der Waals surface area (Å²) in [5, 5.41) is 0.887. The molecule has 0 saturated carbocycles. The molecule has 0 aromatic carbocycles. The van der Waals surface area contributed by atoms with E-state index in [1.807, 2.05) is 33.8 Å². The molecule has 0 atom stereocenters. The predicted molar refractivity (Wildman–Crippen MR) is 78.1 cm³/mol. The molecule has 5 nitrogen and oxygen atoms in total. The zero-order chi connectivity index (χ0) is 14.5. The molecular formula is C14H17BN2O3. The minimum absolute atomic E-state index is 0.185. The molecule has 0 unspecified atom stereocenters. The quantitative estimate of drug-likeness (QED) is 0.793. The number of nitrogens with one attached hydrogen (secondary N) is 1. The van der Waals surface area contributed by atoms with Crippen LogP contribution >= 0.6 is 0 Å². The summed E-state index contributed by atoms with van der Waals surface area (Å²) < 4.78 is 12.0. The zero-order valence-corrected chi connectivity index (χ0v) is 12.1. The van der Waals surface area contributed by atoms with Gasteiger partial charge in [0.25, 0.3) is 0 Å². The maximum atomic E-state index is 11.8. The average Bonchev–Trinajstić information content (AvgIpc) is 2.57. The van der Waals surface area contributed by atoms with Gasteiger partial charge in [-0.1, -0.05) is 0 Å². The third-order valence-corrected chi connectivity index (χ3v) is 4.18. The Morgan fingerprint density at radius 2 is 1.85 bits per heavy atom. The number of pyridine rings is 2. The fraction of sp³-hybridized carbons (Fsp3) is 0.429. The molecule has 2 aromatic heterocycles. The SMILES string of the molecule is CC1(C)OB(c2cc(=O)[nH]c3cnccc23)OC1(C)C. The number of rotatable bonds is 1. The van der Waals surface area contributed by atoms with Gasteiger partial charge in [0.05, 0.1) is 22.9 Å². The lowest BCUT2D eigenvalue weighted by atomic mass is 9.77. The Bertz CT molecular complexity index is 708. The van der Waals surface area contributed by atoms with Gasteiger partial charge in [-0.15, -0.1) is 0 Å². The van der Waals surface area contributed by atoms with Gasteiger partial charge in [-0.3, -0.25) is 9.78 Å². The van der Waals surface area contributed by atoms with E-state index in [1.165, 1.54) is 6.07 Å². The Hall–Kier alpha value is -1.66. The minimum atomic E-state index is -0.549. The highest BCUT2D eigenvalue weighted by Crippen LogP contribution is 2.36. The summed E-state index contributed by atoms with van der Waals surface area (Å²) in [4.78, 5) is 18.6. The normalized spacial score (nSPS) is 20.5. The highest BCUT2D eigenvalue weighted by atomic mass is 16.7. The molecule has 0 spiro atoms. The monoisotopic (exact) mass is 272 g/mol. The molecule has 1 saturated heterocycles. The van der Waals surface area contributed by atoms with E-state index in [0.717, 1.165) is 10.8 Å². The maximum Gasteiger partial charge on any atom is 0.495 e. The van der Waals surface area contributed by atoms with Crippen molar-refractivity contribution in [3.05, 3.63) is 34.9 Å². The van der Waals surface area contributed by atoms with Crippen LogP contribution in [0.2, 0.25) is 0 Å². The minimum Gasteiger partial charge on any atom is -0.399 e. The van der Waals surface area contributed by atoms with Crippen molar-refractivity contribution in [3.63, 3.8) is 0 Å². The van der Waals surface area contributed by atoms with Crippen molar-refractivity contribution in [1.29, 1.82) is 0 Å². The third-order valence-electron chi connectivity index (χ3n) is 4.18. The number of hydrogen-bond acceptors (Lipinski definition) is 4. The van der Waals surface area contributed by atoms with Crippen LogP contribution in [0.3, 0.4) is 0 Å². The lowest BCUT2D eigenvalue weighted by Crippen LogP contribution is -2.41. The molecular weight excluding hydrogens is 255 g/mol. The van der Waals surface area contributed by atoms with Crippen LogP contribution < -0.4 is 11.0 Å². The lowest BCUT2D eigenvalue weighted by Gasteiger charge is -2.32. The molecule has 3 heterocycles. The lowest BCUT2D eigenvalue weighted by molar-refractivity contribution is 0.00578. The molecule has 0 aliphatic carbocycles. The Balaban J connectivity index is 2.15. The molecule has 1 N–H and O–H groups in total. The molecule has 1 aliphatic rings. The van der Waals surface area contributed by atoms with Crippen LogP contribution in [-0.2, 0) is 9.31 Å². The first-order valence-corrected chi connectivity index (χ1v) is 6.63. The summed E-state index contributed by atoms with van der Waals surface area (Å²) in [5.41, 5.74) is 0.379. The number of aromatic nitrogens is 2. The second-order valence-corrected chi connectivity index (χ2v) is 6.10. The molecule has 20 heavy (non-hydrogen) atoms. The zero-order valence-electron chi connectivity index (χ0n) is 12.1. The number of nitrogens with zero attached hydrogens (tertiary/aromatic N) is 1. The highest BCUT2D eigenvalue weighted by Gasteiger charge is 2.52. The van der Waals surface area contributed by atoms with Crippen LogP contribution in [0.5, 0.6) is 0 Å². The van der Waals surface area contributed by atoms with E-state index in [4.69, 9.17) is 9.31 Å². The molecule has 1 fully saturated rings. The van der Waals surface area contributed by atoms with Crippen molar-refractivity contribution in [3.8, 4) is 0 Å². The molecule has 104 valence electrons. The molecule has 6 heteroatoms. The fourth-order valence-corrected chi connectivity index (χ4v) is 2.30. The van der Waals surface area contributed by atoms with E-state index in [1.54, 1.807) is 12.4 Å². The van der Waals surface area contributed by atoms with Crippen molar-refractivity contribution in [2.24, 2.45) is 0 Å². The summed E-state index contributed by atoms with van der Waals surface area (Å²) in [5.74, 6) is 0. The van der Waals surface area contributed by atoms with Crippen LogP contribution in [0.25, 0.3) is 10.9 Å². The molecule has 0 bridgehead atoms. The Morgan fingerprint density at radius 3 is 2.50 bits per heavy atom. The van der Waals surface area contributed by atoms with Crippen LogP contribution in [0.1, 0.15) is 27.7 Å². The third kappa shape index (κ3) is 1.96. The van der Waals surface area contributed by atoms with Crippen molar-refractivity contribution in [1.82, 2.24) is 9.97 Å². The first kappa shape index (κ1) is 13.3. The number of fused-ring (bicyclic) bond motifs is 1. The van der Waals surface area contributed by atoms with E-state index in [0.29, 0.717) is 5.52 Å². The first-order chi connectivity index (χ1) is 9.30.